The average Bonchev–Trinajstić information content (AvgIpc) is 2.66. The third-order valence-electron chi connectivity index (χ3n) is 3.61. The maximum atomic E-state index is 12.1. The number of hydrogen-bond donors (Lipinski definition) is 1. The first kappa shape index (κ1) is 16.6. The van der Waals surface area contributed by atoms with E-state index in [9.17, 15) is 4.79 Å². The van der Waals surface area contributed by atoms with Gasteiger partial charge in [-0.15, -0.1) is 0 Å². The molecule has 0 aliphatic heterocycles. The van der Waals surface area contributed by atoms with Gasteiger partial charge < -0.3 is 19.5 Å². The zero-order chi connectivity index (χ0) is 17.6. The standard InChI is InChI=1S/C19H18N2O4/c1-23-17-8-5-14(11-18(17)24-2)21-19(22)12-25-15-6-7-16-13(10-15)4-3-9-20-16/h3-11H,12H2,1-2H3,(H,21,22). The number of aromatic nitrogens is 1. The third kappa shape index (κ3) is 3.98. The SMILES string of the molecule is COc1ccc(NC(=O)COc2ccc3ncccc3c2)cc1OC. The predicted octanol–water partition coefficient (Wildman–Crippen LogP) is 3.27. The topological polar surface area (TPSA) is 69.7 Å². The number of ether oxygens (including phenoxy) is 3. The van der Waals surface area contributed by atoms with Crippen LogP contribution in [-0.2, 0) is 4.79 Å². The van der Waals surface area contributed by atoms with Crippen LogP contribution in [0.15, 0.2) is 54.7 Å². The van der Waals surface area contributed by atoms with Crippen LogP contribution in [0.25, 0.3) is 10.9 Å². The van der Waals surface area contributed by atoms with Crippen LogP contribution in [0.3, 0.4) is 0 Å². The Morgan fingerprint density at radius 1 is 1.04 bits per heavy atom. The minimum Gasteiger partial charge on any atom is -0.493 e. The molecule has 25 heavy (non-hydrogen) atoms. The maximum absolute atomic E-state index is 12.1. The van der Waals surface area contributed by atoms with Crippen molar-refractivity contribution >= 4 is 22.5 Å². The van der Waals surface area contributed by atoms with Crippen LogP contribution >= 0.6 is 0 Å². The molecule has 2 aromatic carbocycles. The Balaban J connectivity index is 1.62. The summed E-state index contributed by atoms with van der Waals surface area (Å²) in [5.41, 5.74) is 1.48. The summed E-state index contributed by atoms with van der Waals surface area (Å²) in [5, 5.41) is 3.72. The van der Waals surface area contributed by atoms with Gasteiger partial charge in [-0.1, -0.05) is 6.07 Å². The molecule has 128 valence electrons. The maximum Gasteiger partial charge on any atom is 0.262 e. The number of nitrogens with zero attached hydrogens (tertiary/aromatic N) is 1. The Morgan fingerprint density at radius 3 is 2.68 bits per heavy atom. The van der Waals surface area contributed by atoms with Crippen molar-refractivity contribution in [3.05, 3.63) is 54.7 Å². The van der Waals surface area contributed by atoms with E-state index < -0.39 is 0 Å². The molecule has 0 unspecified atom stereocenters. The van der Waals surface area contributed by atoms with Crippen LogP contribution in [0.1, 0.15) is 0 Å². The highest BCUT2D eigenvalue weighted by atomic mass is 16.5. The second-order valence-corrected chi connectivity index (χ2v) is 5.26. The van der Waals surface area contributed by atoms with E-state index in [-0.39, 0.29) is 12.5 Å². The molecular weight excluding hydrogens is 320 g/mol. The molecule has 0 aliphatic rings. The second kappa shape index (κ2) is 7.53. The molecule has 0 saturated heterocycles. The van der Waals surface area contributed by atoms with Crippen molar-refractivity contribution in [2.24, 2.45) is 0 Å². The van der Waals surface area contributed by atoms with Gasteiger partial charge in [0.2, 0.25) is 0 Å². The summed E-state index contributed by atoms with van der Waals surface area (Å²) in [7, 11) is 3.10. The van der Waals surface area contributed by atoms with Gasteiger partial charge in [0.05, 0.1) is 19.7 Å². The van der Waals surface area contributed by atoms with Crippen molar-refractivity contribution in [2.75, 3.05) is 26.1 Å². The highest BCUT2D eigenvalue weighted by Crippen LogP contribution is 2.29. The molecule has 6 nitrogen and oxygen atoms in total. The van der Waals surface area contributed by atoms with E-state index in [0.717, 1.165) is 10.9 Å². The molecule has 0 bridgehead atoms. The molecule has 0 aliphatic carbocycles. The van der Waals surface area contributed by atoms with Gasteiger partial charge in [0.25, 0.3) is 5.91 Å². The van der Waals surface area contributed by atoms with E-state index in [1.54, 1.807) is 44.7 Å². The van der Waals surface area contributed by atoms with Crippen LogP contribution in [0.4, 0.5) is 5.69 Å². The number of hydrogen-bond acceptors (Lipinski definition) is 5. The Morgan fingerprint density at radius 2 is 1.88 bits per heavy atom. The van der Waals surface area contributed by atoms with Crippen LogP contribution in [0.2, 0.25) is 0 Å². The molecule has 3 rings (SSSR count). The molecule has 0 atom stereocenters. The summed E-state index contributed by atoms with van der Waals surface area (Å²) < 4.78 is 15.9. The van der Waals surface area contributed by atoms with E-state index in [1.807, 2.05) is 24.3 Å². The molecule has 0 radical (unpaired) electrons. The van der Waals surface area contributed by atoms with Crippen molar-refractivity contribution < 1.29 is 19.0 Å². The number of pyridine rings is 1. The first-order valence-corrected chi connectivity index (χ1v) is 7.69. The lowest BCUT2D eigenvalue weighted by atomic mass is 10.2. The molecular formula is C19H18N2O4. The summed E-state index contributed by atoms with van der Waals surface area (Å²) in [6.45, 7) is -0.0971. The number of nitrogens with one attached hydrogen (secondary N) is 1. The van der Waals surface area contributed by atoms with Crippen molar-refractivity contribution in [2.45, 2.75) is 0 Å². The van der Waals surface area contributed by atoms with E-state index in [0.29, 0.717) is 22.9 Å². The smallest absolute Gasteiger partial charge is 0.262 e. The third-order valence-corrected chi connectivity index (χ3v) is 3.61. The van der Waals surface area contributed by atoms with Gasteiger partial charge in [0, 0.05) is 23.3 Å². The first-order valence-electron chi connectivity index (χ1n) is 7.69. The zero-order valence-electron chi connectivity index (χ0n) is 14.0. The van der Waals surface area contributed by atoms with Crippen LogP contribution in [-0.4, -0.2) is 31.7 Å². The first-order chi connectivity index (χ1) is 12.2. The highest BCUT2D eigenvalue weighted by molar-refractivity contribution is 5.92. The molecule has 0 spiro atoms. The normalized spacial score (nSPS) is 10.3. The van der Waals surface area contributed by atoms with Crippen molar-refractivity contribution in [3.8, 4) is 17.2 Å². The minimum absolute atomic E-state index is 0.0971. The van der Waals surface area contributed by atoms with Gasteiger partial charge >= 0.3 is 0 Å². The van der Waals surface area contributed by atoms with E-state index in [4.69, 9.17) is 14.2 Å². The Kier molecular flexibility index (Phi) is 4.99. The summed E-state index contributed by atoms with van der Waals surface area (Å²) in [5.74, 6) is 1.49. The lowest BCUT2D eigenvalue weighted by Gasteiger charge is -2.11. The molecule has 1 aromatic heterocycles. The summed E-state index contributed by atoms with van der Waals surface area (Å²) >= 11 is 0. The quantitative estimate of drug-likeness (QED) is 0.747. The van der Waals surface area contributed by atoms with Crippen LogP contribution < -0.4 is 19.5 Å². The monoisotopic (exact) mass is 338 g/mol. The molecule has 0 saturated carbocycles. The number of carbonyl (C=O) groups excluding carboxylic acids is 1. The average molecular weight is 338 g/mol. The number of methoxy groups -OCH3 is 2. The lowest BCUT2D eigenvalue weighted by molar-refractivity contribution is -0.118. The molecule has 1 N–H and O–H groups in total. The Hall–Kier alpha value is -3.28. The number of carbonyl (C=O) groups is 1. The zero-order valence-corrected chi connectivity index (χ0v) is 14.0. The Labute approximate surface area is 145 Å². The molecule has 0 fully saturated rings. The number of rotatable bonds is 6. The molecule has 1 heterocycles. The fourth-order valence-electron chi connectivity index (χ4n) is 2.40. The fourth-order valence-corrected chi connectivity index (χ4v) is 2.40. The highest BCUT2D eigenvalue weighted by Gasteiger charge is 2.08. The van der Waals surface area contributed by atoms with Gasteiger partial charge in [0.1, 0.15) is 5.75 Å². The van der Waals surface area contributed by atoms with Gasteiger partial charge in [-0.25, -0.2) is 0 Å². The largest absolute Gasteiger partial charge is 0.493 e. The molecule has 1 amide bonds. The van der Waals surface area contributed by atoms with Crippen LogP contribution in [0.5, 0.6) is 17.2 Å². The van der Waals surface area contributed by atoms with E-state index >= 15 is 0 Å². The van der Waals surface area contributed by atoms with Crippen molar-refractivity contribution in [1.29, 1.82) is 0 Å². The lowest BCUT2D eigenvalue weighted by Crippen LogP contribution is -2.20. The molecule has 3 aromatic rings. The van der Waals surface area contributed by atoms with Crippen LogP contribution in [0, 0.1) is 0 Å². The van der Waals surface area contributed by atoms with E-state index in [1.165, 1.54) is 0 Å². The number of amides is 1. The minimum atomic E-state index is -0.265. The fraction of sp³-hybridized carbons (Fsp3) is 0.158. The van der Waals surface area contributed by atoms with Gasteiger partial charge in [-0.2, -0.15) is 0 Å². The Bertz CT molecular complexity index is 895. The summed E-state index contributed by atoms with van der Waals surface area (Å²) in [4.78, 5) is 16.3. The second-order valence-electron chi connectivity index (χ2n) is 5.26. The number of fused-ring (bicyclic) bond motifs is 1. The summed E-state index contributed by atoms with van der Waals surface area (Å²) in [6, 6.07) is 14.5. The van der Waals surface area contributed by atoms with Crippen molar-refractivity contribution in [3.63, 3.8) is 0 Å². The van der Waals surface area contributed by atoms with Crippen molar-refractivity contribution in [1.82, 2.24) is 4.98 Å². The van der Waals surface area contributed by atoms with Gasteiger partial charge in [-0.05, 0) is 36.4 Å². The van der Waals surface area contributed by atoms with E-state index in [2.05, 4.69) is 10.3 Å². The number of anilines is 1. The van der Waals surface area contributed by atoms with Gasteiger partial charge in [0.15, 0.2) is 18.1 Å². The van der Waals surface area contributed by atoms with Gasteiger partial charge in [-0.3, -0.25) is 9.78 Å². The molecule has 6 heteroatoms. The number of benzene rings is 2. The predicted molar refractivity (Wildman–Crippen MR) is 95.4 cm³/mol. The summed E-state index contributed by atoms with van der Waals surface area (Å²) in [6.07, 6.45) is 1.74.